The van der Waals surface area contributed by atoms with E-state index in [2.05, 4.69) is 6.92 Å². The summed E-state index contributed by atoms with van der Waals surface area (Å²) >= 11 is 0. The standard InChI is InChI=1S/C18H26O4.C8H6O4/c1-2-3-4-5-6-7-8-11-14-22-18(21)16-13-10-9-12-15(16)17(19)20;9-7(10)5-3-1-2-4-6(5)8(11)12/h9-10,12-13H,2-8,11,14H2,1H3,(H,19,20);1-4H,(H,9,10)(H,11,12). The Balaban J connectivity index is 0.000000404. The molecule has 34 heavy (non-hydrogen) atoms. The highest BCUT2D eigenvalue weighted by Gasteiger charge is 2.16. The Morgan fingerprint density at radius 1 is 0.588 bits per heavy atom. The van der Waals surface area contributed by atoms with Crippen molar-refractivity contribution in [2.45, 2.75) is 58.3 Å². The number of hydrogen-bond donors (Lipinski definition) is 3. The van der Waals surface area contributed by atoms with Crippen molar-refractivity contribution < 1.29 is 39.2 Å². The Kier molecular flexibility index (Phi) is 13.4. The zero-order valence-electron chi connectivity index (χ0n) is 19.4. The number of rotatable bonds is 13. The molecule has 0 aliphatic heterocycles. The van der Waals surface area contributed by atoms with Crippen molar-refractivity contribution in [1.29, 1.82) is 0 Å². The average Bonchev–Trinajstić information content (AvgIpc) is 2.83. The lowest BCUT2D eigenvalue weighted by Crippen LogP contribution is -2.12. The van der Waals surface area contributed by atoms with Crippen molar-refractivity contribution in [2.75, 3.05) is 6.61 Å². The topological polar surface area (TPSA) is 138 Å². The van der Waals surface area contributed by atoms with Crippen LogP contribution in [-0.2, 0) is 4.74 Å². The third kappa shape index (κ3) is 10.3. The smallest absolute Gasteiger partial charge is 0.339 e. The molecule has 8 heteroatoms. The minimum atomic E-state index is -1.23. The van der Waals surface area contributed by atoms with Gasteiger partial charge < -0.3 is 20.1 Å². The van der Waals surface area contributed by atoms with Crippen LogP contribution in [0.3, 0.4) is 0 Å². The van der Waals surface area contributed by atoms with Crippen molar-refractivity contribution >= 4 is 23.9 Å². The van der Waals surface area contributed by atoms with Gasteiger partial charge in [-0.15, -0.1) is 0 Å². The molecule has 0 radical (unpaired) electrons. The van der Waals surface area contributed by atoms with Gasteiger partial charge in [0.05, 0.1) is 28.9 Å². The van der Waals surface area contributed by atoms with Crippen molar-refractivity contribution in [3.8, 4) is 0 Å². The maximum Gasteiger partial charge on any atom is 0.339 e. The second-order valence-electron chi connectivity index (χ2n) is 7.62. The molecule has 3 N–H and O–H groups in total. The first-order valence-corrected chi connectivity index (χ1v) is 11.3. The van der Waals surface area contributed by atoms with E-state index in [1.807, 2.05) is 0 Å². The third-order valence-electron chi connectivity index (χ3n) is 5.00. The lowest BCUT2D eigenvalue weighted by atomic mass is 10.1. The number of hydrogen-bond acceptors (Lipinski definition) is 5. The van der Waals surface area contributed by atoms with Crippen LogP contribution in [-0.4, -0.2) is 45.8 Å². The number of aromatic carboxylic acids is 3. The SMILES string of the molecule is CCCCCCCCCCOC(=O)c1ccccc1C(=O)O.O=C(O)c1ccccc1C(=O)O. The van der Waals surface area contributed by atoms with E-state index in [9.17, 15) is 19.2 Å². The molecule has 0 saturated carbocycles. The normalized spacial score (nSPS) is 10.0. The molecule has 0 aromatic heterocycles. The van der Waals surface area contributed by atoms with Gasteiger partial charge in [0, 0.05) is 0 Å². The molecule has 0 amide bonds. The number of carbonyl (C=O) groups excluding carboxylic acids is 1. The highest BCUT2D eigenvalue weighted by atomic mass is 16.5. The summed E-state index contributed by atoms with van der Waals surface area (Å²) in [6, 6.07) is 11.6. The largest absolute Gasteiger partial charge is 0.478 e. The molecule has 2 rings (SSSR count). The number of carboxylic acid groups (broad SMARTS) is 3. The molecule has 2 aromatic carbocycles. The second kappa shape index (κ2) is 16.0. The van der Waals surface area contributed by atoms with Crippen LogP contribution in [0.1, 0.15) is 99.7 Å². The van der Waals surface area contributed by atoms with Gasteiger partial charge in [-0.05, 0) is 30.7 Å². The van der Waals surface area contributed by atoms with E-state index in [0.717, 1.165) is 19.3 Å². The summed E-state index contributed by atoms with van der Waals surface area (Å²) < 4.78 is 5.16. The average molecular weight is 473 g/mol. The van der Waals surface area contributed by atoms with E-state index < -0.39 is 23.9 Å². The quantitative estimate of drug-likeness (QED) is 0.247. The summed E-state index contributed by atoms with van der Waals surface area (Å²) in [5.74, 6) is -4.12. The van der Waals surface area contributed by atoms with Gasteiger partial charge in [-0.3, -0.25) is 0 Å². The molecule has 0 atom stereocenters. The Morgan fingerprint density at radius 2 is 0.941 bits per heavy atom. The lowest BCUT2D eigenvalue weighted by Gasteiger charge is -2.07. The highest BCUT2D eigenvalue weighted by molar-refractivity contribution is 6.02. The van der Waals surface area contributed by atoms with Crippen LogP contribution in [0.5, 0.6) is 0 Å². The molecule has 8 nitrogen and oxygen atoms in total. The second-order valence-corrected chi connectivity index (χ2v) is 7.62. The van der Waals surface area contributed by atoms with Crippen LogP contribution in [0.15, 0.2) is 48.5 Å². The van der Waals surface area contributed by atoms with Gasteiger partial charge in [-0.25, -0.2) is 19.2 Å². The summed E-state index contributed by atoms with van der Waals surface area (Å²) in [6.07, 6.45) is 9.41. The Bertz CT molecular complexity index is 918. The van der Waals surface area contributed by atoms with E-state index >= 15 is 0 Å². The molecule has 0 fully saturated rings. The molecular formula is C26H32O8. The summed E-state index contributed by atoms with van der Waals surface area (Å²) in [4.78, 5) is 43.9. The molecule has 0 aliphatic carbocycles. The predicted octanol–water partition coefficient (Wildman–Crippen LogP) is 5.77. The van der Waals surface area contributed by atoms with Crippen molar-refractivity contribution in [1.82, 2.24) is 0 Å². The van der Waals surface area contributed by atoms with Gasteiger partial charge in [-0.1, -0.05) is 76.1 Å². The minimum absolute atomic E-state index is 0.0107. The maximum atomic E-state index is 11.9. The zero-order valence-corrected chi connectivity index (χ0v) is 19.4. The van der Waals surface area contributed by atoms with Gasteiger partial charge in [0.15, 0.2) is 0 Å². The fourth-order valence-electron chi connectivity index (χ4n) is 3.18. The van der Waals surface area contributed by atoms with Gasteiger partial charge >= 0.3 is 23.9 Å². The van der Waals surface area contributed by atoms with Crippen molar-refractivity contribution in [3.63, 3.8) is 0 Å². The van der Waals surface area contributed by atoms with Crippen LogP contribution in [0, 0.1) is 0 Å². The van der Waals surface area contributed by atoms with Crippen molar-refractivity contribution in [3.05, 3.63) is 70.8 Å². The van der Waals surface area contributed by atoms with Gasteiger partial charge in [0.1, 0.15) is 0 Å². The van der Waals surface area contributed by atoms with Crippen LogP contribution < -0.4 is 0 Å². The Morgan fingerprint density at radius 3 is 1.35 bits per heavy atom. The predicted molar refractivity (Wildman–Crippen MR) is 127 cm³/mol. The molecule has 184 valence electrons. The molecule has 0 unspecified atom stereocenters. The van der Waals surface area contributed by atoms with Crippen LogP contribution in [0.25, 0.3) is 0 Å². The van der Waals surface area contributed by atoms with Gasteiger partial charge in [0.25, 0.3) is 0 Å². The number of esters is 1. The highest BCUT2D eigenvalue weighted by Crippen LogP contribution is 2.12. The first-order valence-electron chi connectivity index (χ1n) is 11.3. The van der Waals surface area contributed by atoms with Gasteiger partial charge in [0.2, 0.25) is 0 Å². The third-order valence-corrected chi connectivity index (χ3v) is 5.00. The van der Waals surface area contributed by atoms with E-state index in [0.29, 0.717) is 6.61 Å². The molecule has 0 spiro atoms. The molecule has 0 saturated heterocycles. The summed E-state index contributed by atoms with van der Waals surface area (Å²) in [5, 5.41) is 26.1. The maximum absolute atomic E-state index is 11.9. The number of carboxylic acids is 3. The van der Waals surface area contributed by atoms with Crippen LogP contribution in [0.4, 0.5) is 0 Å². The monoisotopic (exact) mass is 472 g/mol. The van der Waals surface area contributed by atoms with Gasteiger partial charge in [-0.2, -0.15) is 0 Å². The Hall–Kier alpha value is -3.68. The minimum Gasteiger partial charge on any atom is -0.478 e. The van der Waals surface area contributed by atoms with Crippen LogP contribution in [0.2, 0.25) is 0 Å². The molecule has 0 bridgehead atoms. The Labute approximate surface area is 199 Å². The number of carbonyl (C=O) groups is 4. The van der Waals surface area contributed by atoms with Crippen LogP contribution >= 0.6 is 0 Å². The zero-order chi connectivity index (χ0) is 25.3. The molecular weight excluding hydrogens is 440 g/mol. The van der Waals surface area contributed by atoms with Crippen molar-refractivity contribution in [2.24, 2.45) is 0 Å². The lowest BCUT2D eigenvalue weighted by molar-refractivity contribution is 0.0487. The summed E-state index contributed by atoms with van der Waals surface area (Å²) in [6.45, 7) is 2.55. The molecule has 0 heterocycles. The fourth-order valence-corrected chi connectivity index (χ4v) is 3.18. The first-order chi connectivity index (χ1) is 16.3. The number of unbranched alkanes of at least 4 members (excludes halogenated alkanes) is 7. The fraction of sp³-hybridized carbons (Fsp3) is 0.385. The van der Waals surface area contributed by atoms with E-state index in [1.165, 1.54) is 68.5 Å². The van der Waals surface area contributed by atoms with E-state index in [1.54, 1.807) is 12.1 Å². The first kappa shape index (κ1) is 28.4. The number of benzene rings is 2. The molecule has 0 aliphatic rings. The molecule has 2 aromatic rings. The summed E-state index contributed by atoms with van der Waals surface area (Å²) in [7, 11) is 0. The van der Waals surface area contributed by atoms with E-state index in [-0.39, 0.29) is 22.3 Å². The van der Waals surface area contributed by atoms with E-state index in [4.69, 9.17) is 20.1 Å². The summed E-state index contributed by atoms with van der Waals surface area (Å²) in [5.41, 5.74) is -0.270. The number of ether oxygens (including phenoxy) is 1.